The van der Waals surface area contributed by atoms with Crippen LogP contribution in [-0.4, -0.2) is 12.7 Å². The van der Waals surface area contributed by atoms with Crippen molar-refractivity contribution in [3.8, 4) is 0 Å². The van der Waals surface area contributed by atoms with Crippen molar-refractivity contribution in [2.45, 2.75) is 25.0 Å². The molecule has 0 saturated carbocycles. The molecule has 0 radical (unpaired) electrons. The molecule has 4 heteroatoms. The molecule has 2 rings (SSSR count). The van der Waals surface area contributed by atoms with Gasteiger partial charge in [-0.3, -0.25) is 0 Å². The fourth-order valence-electron chi connectivity index (χ4n) is 1.86. The summed E-state index contributed by atoms with van der Waals surface area (Å²) in [4.78, 5) is 0. The summed E-state index contributed by atoms with van der Waals surface area (Å²) in [7, 11) is 0. The Kier molecular flexibility index (Phi) is 2.98. The SMILES string of the molecule is NC(c1ccc(F)cc1F)C1CCCO1. The summed E-state index contributed by atoms with van der Waals surface area (Å²) in [5.41, 5.74) is 6.19. The predicted octanol–water partition coefficient (Wildman–Crippen LogP) is 2.14. The maximum atomic E-state index is 13.4. The molecule has 0 spiro atoms. The lowest BCUT2D eigenvalue weighted by molar-refractivity contribution is 0.0890. The van der Waals surface area contributed by atoms with Crippen molar-refractivity contribution in [1.82, 2.24) is 0 Å². The summed E-state index contributed by atoms with van der Waals surface area (Å²) >= 11 is 0. The zero-order valence-electron chi connectivity index (χ0n) is 8.25. The van der Waals surface area contributed by atoms with Gasteiger partial charge >= 0.3 is 0 Å². The average Bonchev–Trinajstić information content (AvgIpc) is 2.69. The molecule has 0 bridgehead atoms. The largest absolute Gasteiger partial charge is 0.376 e. The summed E-state index contributed by atoms with van der Waals surface area (Å²) in [5.74, 6) is -1.19. The Balaban J connectivity index is 2.20. The number of nitrogens with two attached hydrogens (primary N) is 1. The van der Waals surface area contributed by atoms with Gasteiger partial charge in [0, 0.05) is 18.2 Å². The second-order valence-electron chi connectivity index (χ2n) is 3.74. The Morgan fingerprint density at radius 3 is 2.80 bits per heavy atom. The maximum absolute atomic E-state index is 13.4. The molecule has 2 nitrogen and oxygen atoms in total. The highest BCUT2D eigenvalue weighted by atomic mass is 19.1. The van der Waals surface area contributed by atoms with E-state index in [0.29, 0.717) is 12.2 Å². The van der Waals surface area contributed by atoms with E-state index >= 15 is 0 Å². The third kappa shape index (κ3) is 2.16. The van der Waals surface area contributed by atoms with E-state index in [-0.39, 0.29) is 6.10 Å². The van der Waals surface area contributed by atoms with Crippen molar-refractivity contribution in [3.63, 3.8) is 0 Å². The number of hydrogen-bond acceptors (Lipinski definition) is 2. The van der Waals surface area contributed by atoms with Gasteiger partial charge in [0.1, 0.15) is 11.6 Å². The highest BCUT2D eigenvalue weighted by Gasteiger charge is 2.26. The van der Waals surface area contributed by atoms with Gasteiger partial charge in [0.15, 0.2) is 0 Å². The van der Waals surface area contributed by atoms with E-state index in [1.54, 1.807) is 0 Å². The molecule has 15 heavy (non-hydrogen) atoms. The van der Waals surface area contributed by atoms with Crippen LogP contribution in [0.4, 0.5) is 8.78 Å². The molecule has 1 saturated heterocycles. The minimum Gasteiger partial charge on any atom is -0.376 e. The number of benzene rings is 1. The van der Waals surface area contributed by atoms with E-state index in [0.717, 1.165) is 18.9 Å². The van der Waals surface area contributed by atoms with Crippen LogP contribution in [-0.2, 0) is 4.74 Å². The van der Waals surface area contributed by atoms with Crippen molar-refractivity contribution >= 4 is 0 Å². The fraction of sp³-hybridized carbons (Fsp3) is 0.455. The van der Waals surface area contributed by atoms with Gasteiger partial charge < -0.3 is 10.5 Å². The normalized spacial score (nSPS) is 23.0. The van der Waals surface area contributed by atoms with Crippen molar-refractivity contribution in [3.05, 3.63) is 35.4 Å². The van der Waals surface area contributed by atoms with Gasteiger partial charge in [-0.05, 0) is 18.9 Å². The topological polar surface area (TPSA) is 35.2 Å². The molecule has 1 fully saturated rings. The van der Waals surface area contributed by atoms with Crippen LogP contribution in [0.15, 0.2) is 18.2 Å². The van der Waals surface area contributed by atoms with E-state index in [9.17, 15) is 8.78 Å². The van der Waals surface area contributed by atoms with Gasteiger partial charge in [-0.1, -0.05) is 6.07 Å². The lowest BCUT2D eigenvalue weighted by atomic mass is 10.00. The minimum absolute atomic E-state index is 0.148. The van der Waals surface area contributed by atoms with Crippen LogP contribution in [0.2, 0.25) is 0 Å². The zero-order valence-corrected chi connectivity index (χ0v) is 8.25. The van der Waals surface area contributed by atoms with Gasteiger partial charge in [0.2, 0.25) is 0 Å². The highest BCUT2D eigenvalue weighted by molar-refractivity contribution is 5.23. The van der Waals surface area contributed by atoms with E-state index in [4.69, 9.17) is 10.5 Å². The number of hydrogen-bond donors (Lipinski definition) is 1. The third-order valence-electron chi connectivity index (χ3n) is 2.69. The molecule has 2 N–H and O–H groups in total. The first kappa shape index (κ1) is 10.5. The number of ether oxygens (including phenoxy) is 1. The molecule has 1 aliphatic heterocycles. The van der Waals surface area contributed by atoms with Crippen LogP contribution in [0.25, 0.3) is 0 Å². The molecule has 1 aromatic rings. The van der Waals surface area contributed by atoms with Gasteiger partial charge in [0.05, 0.1) is 12.1 Å². The van der Waals surface area contributed by atoms with Crippen LogP contribution in [0.3, 0.4) is 0 Å². The number of halogens is 2. The van der Waals surface area contributed by atoms with Crippen LogP contribution < -0.4 is 5.73 Å². The van der Waals surface area contributed by atoms with Crippen molar-refractivity contribution in [2.24, 2.45) is 5.73 Å². The number of rotatable bonds is 2. The quantitative estimate of drug-likeness (QED) is 0.816. The molecule has 1 aliphatic rings. The smallest absolute Gasteiger partial charge is 0.130 e. The van der Waals surface area contributed by atoms with E-state index in [2.05, 4.69) is 0 Å². The minimum atomic E-state index is -0.599. The zero-order chi connectivity index (χ0) is 10.8. The van der Waals surface area contributed by atoms with Crippen molar-refractivity contribution in [2.75, 3.05) is 6.61 Å². The third-order valence-corrected chi connectivity index (χ3v) is 2.69. The second kappa shape index (κ2) is 4.24. The first-order chi connectivity index (χ1) is 7.18. The average molecular weight is 213 g/mol. The van der Waals surface area contributed by atoms with E-state index in [1.807, 2.05) is 0 Å². The van der Waals surface area contributed by atoms with Crippen LogP contribution in [0.5, 0.6) is 0 Å². The molecular formula is C11H13F2NO. The van der Waals surface area contributed by atoms with Crippen molar-refractivity contribution in [1.29, 1.82) is 0 Å². The lowest BCUT2D eigenvalue weighted by Crippen LogP contribution is -2.26. The first-order valence-corrected chi connectivity index (χ1v) is 5.00. The van der Waals surface area contributed by atoms with Crippen LogP contribution in [0, 0.1) is 11.6 Å². The van der Waals surface area contributed by atoms with Gasteiger partial charge in [0.25, 0.3) is 0 Å². The summed E-state index contributed by atoms with van der Waals surface area (Å²) in [6, 6.07) is 2.95. The highest BCUT2D eigenvalue weighted by Crippen LogP contribution is 2.26. The monoisotopic (exact) mass is 213 g/mol. The molecule has 0 amide bonds. The van der Waals surface area contributed by atoms with E-state index in [1.165, 1.54) is 12.1 Å². The lowest BCUT2D eigenvalue weighted by Gasteiger charge is -2.19. The van der Waals surface area contributed by atoms with Crippen LogP contribution in [0.1, 0.15) is 24.4 Å². The van der Waals surface area contributed by atoms with Gasteiger partial charge in [-0.15, -0.1) is 0 Å². The fourth-order valence-corrected chi connectivity index (χ4v) is 1.86. The van der Waals surface area contributed by atoms with Gasteiger partial charge in [-0.25, -0.2) is 8.78 Å². The summed E-state index contributed by atoms with van der Waals surface area (Å²) in [6.07, 6.45) is 1.63. The van der Waals surface area contributed by atoms with E-state index < -0.39 is 17.7 Å². The Bertz CT molecular complexity index is 350. The molecular weight excluding hydrogens is 200 g/mol. The standard InChI is InChI=1S/C11H13F2NO/c12-7-3-4-8(9(13)6-7)11(14)10-2-1-5-15-10/h3-4,6,10-11H,1-2,5,14H2. The molecule has 1 aromatic carbocycles. The summed E-state index contributed by atoms with van der Waals surface area (Å²) < 4.78 is 31.4. The molecule has 2 atom stereocenters. The Labute approximate surface area is 87.0 Å². The van der Waals surface area contributed by atoms with Crippen LogP contribution >= 0.6 is 0 Å². The Morgan fingerprint density at radius 2 is 2.20 bits per heavy atom. The summed E-state index contributed by atoms with van der Waals surface area (Å²) in [6.45, 7) is 0.668. The molecule has 0 aromatic heterocycles. The summed E-state index contributed by atoms with van der Waals surface area (Å²) in [5, 5.41) is 0. The Hall–Kier alpha value is -1.00. The molecule has 1 heterocycles. The molecule has 0 aliphatic carbocycles. The molecule has 82 valence electrons. The second-order valence-corrected chi connectivity index (χ2v) is 3.74. The molecule has 2 unspecified atom stereocenters. The van der Waals surface area contributed by atoms with Gasteiger partial charge in [-0.2, -0.15) is 0 Å². The maximum Gasteiger partial charge on any atom is 0.130 e. The first-order valence-electron chi connectivity index (χ1n) is 5.00. The van der Waals surface area contributed by atoms with Crippen molar-refractivity contribution < 1.29 is 13.5 Å². The predicted molar refractivity (Wildman–Crippen MR) is 52.3 cm³/mol. The Morgan fingerprint density at radius 1 is 1.40 bits per heavy atom.